The van der Waals surface area contributed by atoms with Crippen LogP contribution < -0.4 is 20.1 Å². The van der Waals surface area contributed by atoms with Gasteiger partial charge in [0.2, 0.25) is 0 Å². The normalized spacial score (nSPS) is 11.0. The summed E-state index contributed by atoms with van der Waals surface area (Å²) in [5, 5.41) is 2.38. The Morgan fingerprint density at radius 1 is 0.783 bits per heavy atom. The predicted molar refractivity (Wildman–Crippen MR) is 97.6 cm³/mol. The molecule has 23 heavy (non-hydrogen) atoms. The smallest absolute Gasteiger partial charge is 0.118 e. The predicted octanol–water partition coefficient (Wildman–Crippen LogP) is 4.11. The minimum Gasteiger partial charge on any atom is -0.497 e. The fraction of sp³-hybridized carbons (Fsp3) is 0.368. The molecule has 2 aromatic carbocycles. The van der Waals surface area contributed by atoms with Crippen molar-refractivity contribution in [1.29, 1.82) is 0 Å². The molecule has 0 N–H and O–H groups in total. The van der Waals surface area contributed by atoms with Crippen LogP contribution in [-0.4, -0.2) is 20.8 Å². The van der Waals surface area contributed by atoms with E-state index in [-0.39, 0.29) is 0 Å². The Balaban J connectivity index is 2.21. The fourth-order valence-electron chi connectivity index (χ4n) is 2.11. The van der Waals surface area contributed by atoms with Crippen LogP contribution in [0, 0.1) is 5.92 Å². The summed E-state index contributed by atoms with van der Waals surface area (Å²) in [6.07, 6.45) is 1.06. The highest BCUT2D eigenvalue weighted by molar-refractivity contribution is 7.68. The number of ether oxygens (including phenoxy) is 2. The van der Waals surface area contributed by atoms with Gasteiger partial charge in [0.1, 0.15) is 11.5 Å². The molecule has 0 atom stereocenters. The van der Waals surface area contributed by atoms with Crippen LogP contribution in [0.4, 0.5) is 0 Å². The van der Waals surface area contributed by atoms with E-state index in [1.165, 1.54) is 10.6 Å². The zero-order valence-corrected chi connectivity index (χ0v) is 15.2. The summed E-state index contributed by atoms with van der Waals surface area (Å²) in [5.74, 6) is 2.36. The molecule has 0 aliphatic rings. The lowest BCUT2D eigenvalue weighted by Crippen LogP contribution is -2.14. The molecule has 0 bridgehead atoms. The lowest BCUT2D eigenvalue weighted by molar-refractivity contribution is 0.324. The van der Waals surface area contributed by atoms with Crippen molar-refractivity contribution >= 4 is 18.8 Å². The number of methoxy groups -OCH3 is 2. The molecule has 0 fully saturated rings. The van der Waals surface area contributed by atoms with Gasteiger partial charge in [0.05, 0.1) is 29.0 Å². The van der Waals surface area contributed by atoms with Gasteiger partial charge in [0, 0.05) is 10.6 Å². The van der Waals surface area contributed by atoms with Gasteiger partial charge in [0.15, 0.2) is 0 Å². The molecule has 0 saturated carbocycles. The van der Waals surface area contributed by atoms with Crippen molar-refractivity contribution < 1.29 is 14.0 Å². The van der Waals surface area contributed by atoms with E-state index in [0.29, 0.717) is 5.92 Å². The van der Waals surface area contributed by atoms with Gasteiger partial charge in [-0.15, -0.1) is 0 Å². The van der Waals surface area contributed by atoms with Gasteiger partial charge in [-0.1, -0.05) is 13.8 Å². The van der Waals surface area contributed by atoms with E-state index in [4.69, 9.17) is 14.0 Å². The van der Waals surface area contributed by atoms with Gasteiger partial charge in [-0.05, 0) is 60.9 Å². The van der Waals surface area contributed by atoms with Crippen LogP contribution in [-0.2, 0) is 4.52 Å². The zero-order valence-electron chi connectivity index (χ0n) is 14.3. The molecule has 124 valence electrons. The largest absolute Gasteiger partial charge is 0.497 e. The average molecular weight is 332 g/mol. The molecular weight excluding hydrogens is 307 g/mol. The first-order chi connectivity index (χ1) is 11.1. The Morgan fingerprint density at radius 3 is 1.57 bits per heavy atom. The molecule has 0 spiro atoms. The number of rotatable bonds is 8. The Labute approximate surface area is 140 Å². The molecule has 0 aliphatic carbocycles. The highest BCUT2D eigenvalue weighted by atomic mass is 31.1. The van der Waals surface area contributed by atoms with Crippen LogP contribution in [0.15, 0.2) is 48.5 Å². The first-order valence-electron chi connectivity index (χ1n) is 7.85. The molecule has 0 aromatic heterocycles. The molecule has 0 aliphatic heterocycles. The number of hydrogen-bond acceptors (Lipinski definition) is 3. The minimum atomic E-state index is -0.827. The SMILES string of the molecule is COc1ccc(P(OCCC(C)C)c2ccc(OC)cc2)cc1. The summed E-state index contributed by atoms with van der Waals surface area (Å²) in [4.78, 5) is 0. The third kappa shape index (κ3) is 5.23. The maximum absolute atomic E-state index is 6.26. The zero-order chi connectivity index (χ0) is 16.7. The van der Waals surface area contributed by atoms with Gasteiger partial charge in [-0.25, -0.2) is 0 Å². The van der Waals surface area contributed by atoms with E-state index in [9.17, 15) is 0 Å². The van der Waals surface area contributed by atoms with Gasteiger partial charge in [-0.3, -0.25) is 0 Å². The van der Waals surface area contributed by atoms with Crippen LogP contribution in [0.5, 0.6) is 11.5 Å². The summed E-state index contributed by atoms with van der Waals surface area (Å²) in [6, 6.07) is 16.3. The molecule has 2 aromatic rings. The Kier molecular flexibility index (Phi) is 6.88. The molecule has 3 nitrogen and oxygen atoms in total. The lowest BCUT2D eigenvalue weighted by atomic mass is 10.2. The molecular formula is C19H25O3P. The molecule has 0 radical (unpaired) electrons. The molecule has 4 heteroatoms. The van der Waals surface area contributed by atoms with Crippen LogP contribution >= 0.6 is 8.15 Å². The molecule has 0 unspecified atom stereocenters. The highest BCUT2D eigenvalue weighted by Crippen LogP contribution is 2.36. The standard InChI is InChI=1S/C19H25O3P/c1-15(2)13-14-22-23(18-9-5-16(20-3)6-10-18)19-11-7-17(21-4)8-12-19/h5-12,15H,13-14H2,1-4H3. The van der Waals surface area contributed by atoms with Crippen LogP contribution in [0.3, 0.4) is 0 Å². The maximum Gasteiger partial charge on any atom is 0.118 e. The van der Waals surface area contributed by atoms with Crippen molar-refractivity contribution in [2.45, 2.75) is 20.3 Å². The first-order valence-corrected chi connectivity index (χ1v) is 9.11. The van der Waals surface area contributed by atoms with Crippen LogP contribution in [0.2, 0.25) is 0 Å². The van der Waals surface area contributed by atoms with Gasteiger partial charge in [-0.2, -0.15) is 0 Å². The second kappa shape index (κ2) is 8.90. The Hall–Kier alpha value is -1.57. The van der Waals surface area contributed by atoms with E-state index in [2.05, 4.69) is 38.1 Å². The van der Waals surface area contributed by atoms with Crippen molar-refractivity contribution in [3.8, 4) is 11.5 Å². The Bertz CT molecular complexity index is 531. The van der Waals surface area contributed by atoms with Gasteiger partial charge < -0.3 is 14.0 Å². The summed E-state index contributed by atoms with van der Waals surface area (Å²) in [6.45, 7) is 5.19. The van der Waals surface area contributed by atoms with Crippen molar-refractivity contribution in [3.05, 3.63) is 48.5 Å². The molecule has 0 saturated heterocycles. The number of hydrogen-bond donors (Lipinski definition) is 0. The van der Waals surface area contributed by atoms with E-state index in [1.807, 2.05) is 24.3 Å². The third-order valence-electron chi connectivity index (χ3n) is 3.53. The average Bonchev–Trinajstić information content (AvgIpc) is 2.59. The monoisotopic (exact) mass is 332 g/mol. The topological polar surface area (TPSA) is 27.7 Å². The van der Waals surface area contributed by atoms with E-state index >= 15 is 0 Å². The van der Waals surface area contributed by atoms with Crippen molar-refractivity contribution in [1.82, 2.24) is 0 Å². The van der Waals surface area contributed by atoms with Gasteiger partial charge >= 0.3 is 0 Å². The minimum absolute atomic E-state index is 0.638. The van der Waals surface area contributed by atoms with Crippen LogP contribution in [0.25, 0.3) is 0 Å². The van der Waals surface area contributed by atoms with E-state index in [0.717, 1.165) is 24.5 Å². The number of benzene rings is 2. The second-order valence-electron chi connectivity index (χ2n) is 5.71. The first kappa shape index (κ1) is 17.8. The third-order valence-corrected chi connectivity index (χ3v) is 5.50. The quantitative estimate of drug-likeness (QED) is 0.681. The van der Waals surface area contributed by atoms with Crippen molar-refractivity contribution in [3.63, 3.8) is 0 Å². The molecule has 2 rings (SSSR count). The summed E-state index contributed by atoms with van der Waals surface area (Å²) in [5.41, 5.74) is 0. The fourth-order valence-corrected chi connectivity index (χ4v) is 3.84. The summed E-state index contributed by atoms with van der Waals surface area (Å²) < 4.78 is 16.7. The summed E-state index contributed by atoms with van der Waals surface area (Å²) in [7, 11) is 2.53. The molecule has 0 heterocycles. The van der Waals surface area contributed by atoms with Crippen molar-refractivity contribution in [2.75, 3.05) is 20.8 Å². The lowest BCUT2D eigenvalue weighted by Gasteiger charge is -2.19. The Morgan fingerprint density at radius 2 is 1.22 bits per heavy atom. The van der Waals surface area contributed by atoms with E-state index < -0.39 is 8.15 Å². The van der Waals surface area contributed by atoms with Crippen LogP contribution in [0.1, 0.15) is 20.3 Å². The second-order valence-corrected chi connectivity index (χ2v) is 7.59. The highest BCUT2D eigenvalue weighted by Gasteiger charge is 2.16. The maximum atomic E-state index is 6.26. The van der Waals surface area contributed by atoms with E-state index in [1.54, 1.807) is 14.2 Å². The van der Waals surface area contributed by atoms with Gasteiger partial charge in [0.25, 0.3) is 0 Å². The summed E-state index contributed by atoms with van der Waals surface area (Å²) >= 11 is 0. The van der Waals surface area contributed by atoms with Crippen molar-refractivity contribution in [2.24, 2.45) is 5.92 Å². The molecule has 0 amide bonds.